The van der Waals surface area contributed by atoms with E-state index in [-0.39, 0.29) is 5.97 Å². The Morgan fingerprint density at radius 2 is 2.06 bits per heavy atom. The zero-order valence-electron chi connectivity index (χ0n) is 11.7. The van der Waals surface area contributed by atoms with E-state index in [9.17, 15) is 4.79 Å². The van der Waals surface area contributed by atoms with E-state index in [4.69, 9.17) is 9.47 Å². The van der Waals surface area contributed by atoms with Crippen LogP contribution in [-0.4, -0.2) is 25.2 Å². The molecule has 0 aromatic heterocycles. The molecule has 18 heavy (non-hydrogen) atoms. The second-order valence-corrected chi connectivity index (χ2v) is 4.65. The lowest BCUT2D eigenvalue weighted by molar-refractivity contribution is -0.147. The van der Waals surface area contributed by atoms with Gasteiger partial charge in [-0.25, -0.2) is 4.79 Å². The van der Waals surface area contributed by atoms with Crippen LogP contribution in [0.5, 0.6) is 5.75 Å². The van der Waals surface area contributed by atoms with Crippen molar-refractivity contribution in [3.63, 3.8) is 0 Å². The Kier molecular flexibility index (Phi) is 4.59. The molecule has 0 aliphatic rings. The Labute approximate surface area is 108 Å². The van der Waals surface area contributed by atoms with Gasteiger partial charge in [-0.3, -0.25) is 0 Å². The standard InChI is InChI=1S/C14H21NO3/c1-6-18-13(16)14(3,4)15-11-7-8-12(17-5)10(2)9-11/h7-9,15H,6H2,1-5H3. The van der Waals surface area contributed by atoms with Crippen LogP contribution in [0.3, 0.4) is 0 Å². The number of nitrogens with one attached hydrogen (secondary N) is 1. The number of aryl methyl sites for hydroxylation is 1. The summed E-state index contributed by atoms with van der Waals surface area (Å²) in [6.45, 7) is 7.73. The first-order valence-corrected chi connectivity index (χ1v) is 6.00. The summed E-state index contributed by atoms with van der Waals surface area (Å²) in [5, 5.41) is 3.16. The van der Waals surface area contributed by atoms with Crippen LogP contribution in [0.1, 0.15) is 26.3 Å². The van der Waals surface area contributed by atoms with Crippen LogP contribution in [0.2, 0.25) is 0 Å². The molecule has 100 valence electrons. The van der Waals surface area contributed by atoms with Crippen molar-refractivity contribution in [2.45, 2.75) is 33.2 Å². The molecule has 0 aliphatic heterocycles. The van der Waals surface area contributed by atoms with E-state index in [0.717, 1.165) is 17.0 Å². The van der Waals surface area contributed by atoms with Crippen LogP contribution < -0.4 is 10.1 Å². The smallest absolute Gasteiger partial charge is 0.331 e. The Balaban J connectivity index is 2.84. The fourth-order valence-corrected chi connectivity index (χ4v) is 1.68. The third-order valence-electron chi connectivity index (χ3n) is 2.64. The first-order chi connectivity index (χ1) is 8.40. The molecule has 0 saturated carbocycles. The number of methoxy groups -OCH3 is 1. The van der Waals surface area contributed by atoms with Gasteiger partial charge in [0, 0.05) is 5.69 Å². The van der Waals surface area contributed by atoms with E-state index in [1.807, 2.05) is 25.1 Å². The molecule has 1 N–H and O–H groups in total. The van der Waals surface area contributed by atoms with Gasteiger partial charge in [0.05, 0.1) is 13.7 Å². The number of benzene rings is 1. The monoisotopic (exact) mass is 251 g/mol. The molecule has 0 aliphatic carbocycles. The zero-order chi connectivity index (χ0) is 13.8. The van der Waals surface area contributed by atoms with Gasteiger partial charge in [0.1, 0.15) is 11.3 Å². The molecule has 0 fully saturated rings. The maximum Gasteiger partial charge on any atom is 0.331 e. The lowest BCUT2D eigenvalue weighted by Crippen LogP contribution is -2.41. The van der Waals surface area contributed by atoms with Gasteiger partial charge in [0.2, 0.25) is 0 Å². The molecule has 0 atom stereocenters. The Bertz CT molecular complexity index is 427. The molecular formula is C14H21NO3. The number of anilines is 1. The molecule has 0 radical (unpaired) electrons. The van der Waals surface area contributed by atoms with Crippen molar-refractivity contribution in [2.24, 2.45) is 0 Å². The van der Waals surface area contributed by atoms with Crippen molar-refractivity contribution in [3.8, 4) is 5.75 Å². The molecular weight excluding hydrogens is 230 g/mol. The molecule has 0 heterocycles. The third kappa shape index (κ3) is 3.39. The lowest BCUT2D eigenvalue weighted by Gasteiger charge is -2.25. The van der Waals surface area contributed by atoms with E-state index < -0.39 is 5.54 Å². The highest BCUT2D eigenvalue weighted by molar-refractivity contribution is 5.83. The van der Waals surface area contributed by atoms with Crippen molar-refractivity contribution < 1.29 is 14.3 Å². The van der Waals surface area contributed by atoms with E-state index in [1.54, 1.807) is 27.9 Å². The lowest BCUT2D eigenvalue weighted by atomic mass is 10.0. The number of ether oxygens (including phenoxy) is 2. The summed E-state index contributed by atoms with van der Waals surface area (Å²) in [7, 11) is 1.64. The fraction of sp³-hybridized carbons (Fsp3) is 0.500. The Hall–Kier alpha value is -1.71. The Morgan fingerprint density at radius 1 is 1.39 bits per heavy atom. The summed E-state index contributed by atoms with van der Waals surface area (Å²) in [4.78, 5) is 11.8. The zero-order valence-corrected chi connectivity index (χ0v) is 11.7. The minimum atomic E-state index is -0.753. The molecule has 0 bridgehead atoms. The number of carbonyl (C=O) groups excluding carboxylic acids is 1. The highest BCUT2D eigenvalue weighted by atomic mass is 16.5. The fourth-order valence-electron chi connectivity index (χ4n) is 1.68. The van der Waals surface area contributed by atoms with Crippen molar-refractivity contribution in [1.29, 1.82) is 0 Å². The highest BCUT2D eigenvalue weighted by Crippen LogP contribution is 2.24. The number of hydrogen-bond acceptors (Lipinski definition) is 4. The molecule has 1 aromatic rings. The first-order valence-electron chi connectivity index (χ1n) is 6.00. The van der Waals surface area contributed by atoms with E-state index >= 15 is 0 Å². The quantitative estimate of drug-likeness (QED) is 0.817. The number of carbonyl (C=O) groups is 1. The predicted octanol–water partition coefficient (Wildman–Crippen LogP) is 2.76. The summed E-state index contributed by atoms with van der Waals surface area (Å²) in [6.07, 6.45) is 0. The van der Waals surface area contributed by atoms with Gasteiger partial charge in [0.15, 0.2) is 0 Å². The molecule has 4 nitrogen and oxygen atoms in total. The maximum atomic E-state index is 11.8. The number of rotatable bonds is 5. The summed E-state index contributed by atoms with van der Waals surface area (Å²) >= 11 is 0. The second kappa shape index (κ2) is 5.76. The minimum Gasteiger partial charge on any atom is -0.496 e. The highest BCUT2D eigenvalue weighted by Gasteiger charge is 2.28. The molecule has 1 rings (SSSR count). The van der Waals surface area contributed by atoms with Gasteiger partial charge in [0.25, 0.3) is 0 Å². The van der Waals surface area contributed by atoms with Gasteiger partial charge in [-0.05, 0) is 51.5 Å². The van der Waals surface area contributed by atoms with Crippen molar-refractivity contribution in [3.05, 3.63) is 23.8 Å². The van der Waals surface area contributed by atoms with Gasteiger partial charge in [-0.1, -0.05) is 0 Å². The Morgan fingerprint density at radius 3 is 2.56 bits per heavy atom. The van der Waals surface area contributed by atoms with Gasteiger partial charge in [-0.2, -0.15) is 0 Å². The molecule has 0 saturated heterocycles. The second-order valence-electron chi connectivity index (χ2n) is 4.65. The number of esters is 1. The summed E-state index contributed by atoms with van der Waals surface area (Å²) in [6, 6.07) is 5.70. The average Bonchev–Trinajstić information content (AvgIpc) is 2.29. The first kappa shape index (κ1) is 14.4. The van der Waals surface area contributed by atoms with E-state index in [2.05, 4.69) is 5.32 Å². The average molecular weight is 251 g/mol. The predicted molar refractivity (Wildman–Crippen MR) is 72.1 cm³/mol. The van der Waals surface area contributed by atoms with Crippen molar-refractivity contribution in [2.75, 3.05) is 19.0 Å². The van der Waals surface area contributed by atoms with E-state index in [0.29, 0.717) is 6.61 Å². The van der Waals surface area contributed by atoms with Crippen LogP contribution in [0.4, 0.5) is 5.69 Å². The van der Waals surface area contributed by atoms with Gasteiger partial charge < -0.3 is 14.8 Å². The minimum absolute atomic E-state index is 0.265. The number of hydrogen-bond donors (Lipinski definition) is 1. The molecule has 0 unspecified atom stereocenters. The van der Waals surface area contributed by atoms with Crippen LogP contribution in [0.25, 0.3) is 0 Å². The topological polar surface area (TPSA) is 47.6 Å². The normalized spacial score (nSPS) is 10.9. The molecule has 1 aromatic carbocycles. The van der Waals surface area contributed by atoms with Crippen LogP contribution in [0, 0.1) is 6.92 Å². The molecule has 0 amide bonds. The molecule has 4 heteroatoms. The summed E-state index contributed by atoms with van der Waals surface area (Å²) in [5.74, 6) is 0.563. The van der Waals surface area contributed by atoms with Crippen LogP contribution >= 0.6 is 0 Å². The largest absolute Gasteiger partial charge is 0.496 e. The van der Waals surface area contributed by atoms with E-state index in [1.165, 1.54) is 0 Å². The van der Waals surface area contributed by atoms with Gasteiger partial charge in [-0.15, -0.1) is 0 Å². The maximum absolute atomic E-state index is 11.8. The van der Waals surface area contributed by atoms with Crippen LogP contribution in [-0.2, 0) is 9.53 Å². The summed E-state index contributed by atoms with van der Waals surface area (Å²) < 4.78 is 10.2. The SMILES string of the molecule is CCOC(=O)C(C)(C)Nc1ccc(OC)c(C)c1. The summed E-state index contributed by atoms with van der Waals surface area (Å²) in [5.41, 5.74) is 1.13. The van der Waals surface area contributed by atoms with Gasteiger partial charge >= 0.3 is 5.97 Å². The third-order valence-corrected chi connectivity index (χ3v) is 2.64. The van der Waals surface area contributed by atoms with Crippen molar-refractivity contribution >= 4 is 11.7 Å². The van der Waals surface area contributed by atoms with Crippen molar-refractivity contribution in [1.82, 2.24) is 0 Å². The van der Waals surface area contributed by atoms with Crippen LogP contribution in [0.15, 0.2) is 18.2 Å². The molecule has 0 spiro atoms.